The van der Waals surface area contributed by atoms with Crippen LogP contribution in [0.3, 0.4) is 0 Å². The highest BCUT2D eigenvalue weighted by molar-refractivity contribution is 14.1. The normalized spacial score (nSPS) is 11.1. The van der Waals surface area contributed by atoms with E-state index in [0.717, 1.165) is 19.9 Å². The van der Waals surface area contributed by atoms with Crippen molar-refractivity contribution in [3.05, 3.63) is 55.9 Å². The molecule has 0 unspecified atom stereocenters. The second-order valence-corrected chi connectivity index (χ2v) is 7.77. The number of carbonyl (C=O) groups is 1. The van der Waals surface area contributed by atoms with Crippen molar-refractivity contribution in [2.75, 3.05) is 7.05 Å². The lowest BCUT2D eigenvalue weighted by Crippen LogP contribution is -2.27. The predicted octanol–water partition coefficient (Wildman–Crippen LogP) is 3.89. The van der Waals surface area contributed by atoms with Crippen LogP contribution in [0.2, 0.25) is 0 Å². The highest BCUT2D eigenvalue weighted by Gasteiger charge is 2.17. The Hall–Kier alpha value is -1.41. The van der Waals surface area contributed by atoms with E-state index in [0.29, 0.717) is 12.1 Å². The van der Waals surface area contributed by atoms with E-state index in [2.05, 4.69) is 45.1 Å². The van der Waals surface area contributed by atoms with Gasteiger partial charge in [-0.05, 0) is 60.7 Å². The number of carbonyl (C=O) groups excluding carboxylic acids is 1. The van der Waals surface area contributed by atoms with Gasteiger partial charge < -0.3 is 4.90 Å². The molecule has 0 fully saturated rings. The molecular weight excluding hydrogens is 409 g/mol. The van der Waals surface area contributed by atoms with Gasteiger partial charge >= 0.3 is 0 Å². The van der Waals surface area contributed by atoms with Crippen molar-refractivity contribution in [1.29, 1.82) is 0 Å². The van der Waals surface area contributed by atoms with Crippen LogP contribution < -0.4 is 0 Å². The second-order valence-electron chi connectivity index (χ2n) is 5.31. The zero-order valence-corrected chi connectivity index (χ0v) is 15.6. The van der Waals surface area contributed by atoms with E-state index in [-0.39, 0.29) is 5.91 Å². The Morgan fingerprint density at radius 3 is 2.68 bits per heavy atom. The molecule has 3 rings (SSSR count). The lowest BCUT2D eigenvalue weighted by molar-refractivity contribution is 0.0783. The van der Waals surface area contributed by atoms with Crippen LogP contribution in [0.15, 0.2) is 30.5 Å². The van der Waals surface area contributed by atoms with Crippen LogP contribution in [0.5, 0.6) is 0 Å². The molecule has 0 radical (unpaired) electrons. The molecule has 0 saturated carbocycles. The van der Waals surface area contributed by atoms with Gasteiger partial charge in [-0.25, -0.2) is 4.98 Å². The van der Waals surface area contributed by atoms with Crippen molar-refractivity contribution in [2.24, 2.45) is 0 Å². The van der Waals surface area contributed by atoms with Gasteiger partial charge in [-0.2, -0.15) is 0 Å². The third kappa shape index (κ3) is 2.89. The van der Waals surface area contributed by atoms with Crippen molar-refractivity contribution < 1.29 is 4.79 Å². The van der Waals surface area contributed by atoms with E-state index in [9.17, 15) is 4.79 Å². The SMILES string of the molecule is Cc1cn2c(CN(C)C(=O)c3ccc(I)cc3)c(C)nc2s1. The minimum absolute atomic E-state index is 0.0256. The van der Waals surface area contributed by atoms with Crippen molar-refractivity contribution in [1.82, 2.24) is 14.3 Å². The zero-order chi connectivity index (χ0) is 15.9. The van der Waals surface area contributed by atoms with Gasteiger partial charge in [0.2, 0.25) is 0 Å². The maximum atomic E-state index is 12.5. The standard InChI is InChI=1S/C16H16IN3OS/c1-10-8-20-14(11(2)18-16(20)22-10)9-19(3)15(21)12-4-6-13(17)7-5-12/h4-8H,9H2,1-3H3. The third-order valence-corrected chi connectivity index (χ3v) is 5.18. The zero-order valence-electron chi connectivity index (χ0n) is 12.6. The number of nitrogens with zero attached hydrogens (tertiary/aromatic N) is 3. The highest BCUT2D eigenvalue weighted by Crippen LogP contribution is 2.22. The topological polar surface area (TPSA) is 37.6 Å². The van der Waals surface area contributed by atoms with Crippen LogP contribution in [0.25, 0.3) is 4.96 Å². The largest absolute Gasteiger partial charge is 0.336 e. The summed E-state index contributed by atoms with van der Waals surface area (Å²) in [4.78, 5) is 21.1. The maximum absolute atomic E-state index is 12.5. The number of thiazole rings is 1. The van der Waals surface area contributed by atoms with Crippen LogP contribution in [-0.4, -0.2) is 27.2 Å². The number of imidazole rings is 1. The Balaban J connectivity index is 1.86. The van der Waals surface area contributed by atoms with Crippen LogP contribution in [0.4, 0.5) is 0 Å². The van der Waals surface area contributed by atoms with E-state index >= 15 is 0 Å². The van der Waals surface area contributed by atoms with Crippen molar-refractivity contribution >= 4 is 44.8 Å². The van der Waals surface area contributed by atoms with Crippen LogP contribution >= 0.6 is 33.9 Å². The summed E-state index contributed by atoms with van der Waals surface area (Å²) in [7, 11) is 1.83. The van der Waals surface area contributed by atoms with Gasteiger partial charge in [-0.15, -0.1) is 11.3 Å². The molecule has 2 heterocycles. The number of aromatic nitrogens is 2. The number of fused-ring (bicyclic) bond motifs is 1. The third-order valence-electron chi connectivity index (χ3n) is 3.57. The van der Waals surface area contributed by atoms with Gasteiger partial charge in [-0.1, -0.05) is 0 Å². The van der Waals surface area contributed by atoms with Gasteiger partial charge in [-0.3, -0.25) is 9.20 Å². The smallest absolute Gasteiger partial charge is 0.253 e. The second kappa shape index (κ2) is 6.00. The fourth-order valence-corrected chi connectivity index (χ4v) is 3.66. The first-order valence-corrected chi connectivity index (χ1v) is 8.80. The molecule has 0 N–H and O–H groups in total. The molecule has 0 atom stereocenters. The molecule has 0 aliphatic carbocycles. The molecule has 4 nitrogen and oxygen atoms in total. The Labute approximate surface area is 146 Å². The Kier molecular flexibility index (Phi) is 4.22. The molecule has 114 valence electrons. The van der Waals surface area contributed by atoms with Crippen molar-refractivity contribution in [3.63, 3.8) is 0 Å². The fraction of sp³-hybridized carbons (Fsp3) is 0.250. The average molecular weight is 425 g/mol. The molecule has 1 aromatic carbocycles. The van der Waals surface area contributed by atoms with Gasteiger partial charge in [0.15, 0.2) is 4.96 Å². The van der Waals surface area contributed by atoms with Crippen LogP contribution in [0, 0.1) is 17.4 Å². The van der Waals surface area contributed by atoms with E-state index in [1.54, 1.807) is 16.2 Å². The summed E-state index contributed by atoms with van der Waals surface area (Å²) in [6.45, 7) is 4.61. The predicted molar refractivity (Wildman–Crippen MR) is 97.5 cm³/mol. The van der Waals surface area contributed by atoms with Crippen molar-refractivity contribution in [3.8, 4) is 0 Å². The molecule has 2 aromatic heterocycles. The number of rotatable bonds is 3. The molecule has 0 saturated heterocycles. The summed E-state index contributed by atoms with van der Waals surface area (Å²) in [5, 5.41) is 0. The Morgan fingerprint density at radius 2 is 2.00 bits per heavy atom. The molecule has 0 bridgehead atoms. The molecular formula is C16H16IN3OS. The van der Waals surface area contributed by atoms with Gasteiger partial charge in [0, 0.05) is 27.3 Å². The minimum atomic E-state index is 0.0256. The van der Waals surface area contributed by atoms with E-state index < -0.39 is 0 Å². The number of amides is 1. The first-order chi connectivity index (χ1) is 10.5. The molecule has 0 aliphatic heterocycles. The lowest BCUT2D eigenvalue weighted by atomic mass is 10.2. The van der Waals surface area contributed by atoms with Gasteiger partial charge in [0.05, 0.1) is 17.9 Å². The van der Waals surface area contributed by atoms with Crippen LogP contribution in [0.1, 0.15) is 26.6 Å². The summed E-state index contributed by atoms with van der Waals surface area (Å²) in [6.07, 6.45) is 2.08. The highest BCUT2D eigenvalue weighted by atomic mass is 127. The summed E-state index contributed by atoms with van der Waals surface area (Å²) in [5.74, 6) is 0.0256. The van der Waals surface area contributed by atoms with Gasteiger partial charge in [0.25, 0.3) is 5.91 Å². The lowest BCUT2D eigenvalue weighted by Gasteiger charge is -2.17. The molecule has 22 heavy (non-hydrogen) atoms. The van der Waals surface area contributed by atoms with E-state index in [1.165, 1.54) is 4.88 Å². The Bertz CT molecular complexity index is 835. The quantitative estimate of drug-likeness (QED) is 0.598. The number of aryl methyl sites for hydroxylation is 2. The summed E-state index contributed by atoms with van der Waals surface area (Å²) >= 11 is 3.90. The number of hydrogen-bond donors (Lipinski definition) is 0. The number of hydrogen-bond acceptors (Lipinski definition) is 3. The fourth-order valence-electron chi connectivity index (χ4n) is 2.41. The van der Waals surface area contributed by atoms with E-state index in [4.69, 9.17) is 0 Å². The monoisotopic (exact) mass is 425 g/mol. The summed E-state index contributed by atoms with van der Waals surface area (Å²) in [5.41, 5.74) is 2.76. The summed E-state index contributed by atoms with van der Waals surface area (Å²) in [6, 6.07) is 7.64. The molecule has 1 amide bonds. The maximum Gasteiger partial charge on any atom is 0.253 e. The minimum Gasteiger partial charge on any atom is -0.336 e. The molecule has 0 spiro atoms. The number of benzene rings is 1. The first-order valence-electron chi connectivity index (χ1n) is 6.90. The summed E-state index contributed by atoms with van der Waals surface area (Å²) < 4.78 is 3.21. The average Bonchev–Trinajstić information content (AvgIpc) is 2.96. The first kappa shape index (κ1) is 15.5. The molecule has 3 aromatic rings. The molecule has 0 aliphatic rings. The van der Waals surface area contributed by atoms with Crippen LogP contribution in [-0.2, 0) is 6.54 Å². The van der Waals surface area contributed by atoms with Gasteiger partial charge in [0.1, 0.15) is 0 Å². The Morgan fingerprint density at radius 1 is 1.32 bits per heavy atom. The van der Waals surface area contributed by atoms with E-state index in [1.807, 2.05) is 38.2 Å². The number of halogens is 1. The van der Waals surface area contributed by atoms with Crippen molar-refractivity contribution in [2.45, 2.75) is 20.4 Å². The molecule has 6 heteroatoms.